The number of ether oxygens (including phenoxy) is 2. The van der Waals surface area contributed by atoms with Crippen LogP contribution in [0.15, 0.2) is 42.5 Å². The van der Waals surface area contributed by atoms with Gasteiger partial charge in [-0.2, -0.15) is 0 Å². The second kappa shape index (κ2) is 8.43. The molecule has 7 nitrogen and oxygen atoms in total. The summed E-state index contributed by atoms with van der Waals surface area (Å²) >= 11 is 0. The van der Waals surface area contributed by atoms with Gasteiger partial charge >= 0.3 is 6.03 Å². The molecule has 0 aliphatic carbocycles. The zero-order valence-electron chi connectivity index (χ0n) is 17.2. The number of hydrogen-bond acceptors (Lipinski definition) is 4. The zero-order valence-corrected chi connectivity index (χ0v) is 17.2. The Hall–Kier alpha value is -3.22. The first-order chi connectivity index (χ1) is 13.8. The smallest absolute Gasteiger partial charge is 0.323 e. The third kappa shape index (κ3) is 4.62. The van der Waals surface area contributed by atoms with Gasteiger partial charge in [0.25, 0.3) is 0 Å². The summed E-state index contributed by atoms with van der Waals surface area (Å²) in [5.41, 5.74) is 1.32. The molecule has 0 atom stereocenters. The van der Waals surface area contributed by atoms with Crippen molar-refractivity contribution in [3.63, 3.8) is 0 Å². The van der Waals surface area contributed by atoms with Crippen molar-refractivity contribution in [1.29, 1.82) is 0 Å². The van der Waals surface area contributed by atoms with Gasteiger partial charge in [-0.15, -0.1) is 0 Å². The van der Waals surface area contributed by atoms with Crippen LogP contribution in [0.3, 0.4) is 0 Å². The van der Waals surface area contributed by atoms with Gasteiger partial charge in [0, 0.05) is 24.0 Å². The van der Waals surface area contributed by atoms with E-state index in [-0.39, 0.29) is 18.5 Å². The van der Waals surface area contributed by atoms with Gasteiger partial charge in [-0.1, -0.05) is 0 Å². The molecule has 3 amide bonds. The number of nitrogens with one attached hydrogen (secondary N) is 2. The van der Waals surface area contributed by atoms with Crippen molar-refractivity contribution in [3.8, 4) is 11.5 Å². The number of fused-ring (bicyclic) bond motifs is 1. The van der Waals surface area contributed by atoms with Crippen LogP contribution in [-0.2, 0) is 4.79 Å². The third-order valence-electron chi connectivity index (χ3n) is 4.66. The fourth-order valence-electron chi connectivity index (χ4n) is 3.13. The Morgan fingerprint density at radius 1 is 1.10 bits per heavy atom. The van der Waals surface area contributed by atoms with Gasteiger partial charge in [-0.25, -0.2) is 4.79 Å². The van der Waals surface area contributed by atoms with Gasteiger partial charge in [0.2, 0.25) is 5.91 Å². The molecule has 2 aromatic rings. The summed E-state index contributed by atoms with van der Waals surface area (Å²) < 4.78 is 11.3. The lowest BCUT2D eigenvalue weighted by molar-refractivity contribution is -0.127. The SMILES string of the molecule is CCOc1ccc(NC(=O)Nc2ccc3c(c2)OCC(C)(C)C(=O)N3CC)cc1. The standard InChI is InChI=1S/C22H27N3O4/c1-5-25-18-12-9-16(13-19(18)29-14-22(3,4)20(25)26)24-21(27)23-15-7-10-17(11-8-15)28-6-2/h7-13H,5-6,14H2,1-4H3,(H2,23,24,27). The van der Waals surface area contributed by atoms with Crippen LogP contribution in [0.5, 0.6) is 11.5 Å². The molecule has 0 spiro atoms. The van der Waals surface area contributed by atoms with E-state index in [4.69, 9.17) is 9.47 Å². The van der Waals surface area contributed by atoms with Crippen LogP contribution in [0.1, 0.15) is 27.7 Å². The predicted octanol–water partition coefficient (Wildman–Crippen LogP) is 4.50. The van der Waals surface area contributed by atoms with E-state index >= 15 is 0 Å². The number of carbonyl (C=O) groups is 2. The normalized spacial score (nSPS) is 15.0. The molecule has 1 aliphatic rings. The van der Waals surface area contributed by atoms with E-state index in [0.29, 0.717) is 36.0 Å². The number of benzene rings is 2. The molecule has 2 N–H and O–H groups in total. The number of urea groups is 1. The molecule has 0 bridgehead atoms. The lowest BCUT2D eigenvalue weighted by atomic mass is 9.93. The molecule has 2 aromatic carbocycles. The third-order valence-corrected chi connectivity index (χ3v) is 4.66. The minimum Gasteiger partial charge on any atom is -0.494 e. The van der Waals surface area contributed by atoms with E-state index in [9.17, 15) is 9.59 Å². The van der Waals surface area contributed by atoms with E-state index in [0.717, 1.165) is 5.75 Å². The molecule has 7 heteroatoms. The van der Waals surface area contributed by atoms with Crippen molar-refractivity contribution in [1.82, 2.24) is 0 Å². The Balaban J connectivity index is 1.72. The molecular formula is C22H27N3O4. The maximum absolute atomic E-state index is 12.7. The summed E-state index contributed by atoms with van der Waals surface area (Å²) in [4.78, 5) is 26.8. The second-order valence-corrected chi connectivity index (χ2v) is 7.44. The van der Waals surface area contributed by atoms with Crippen LogP contribution in [0.25, 0.3) is 0 Å². The fourth-order valence-corrected chi connectivity index (χ4v) is 3.13. The maximum atomic E-state index is 12.7. The zero-order chi connectivity index (χ0) is 21.0. The van der Waals surface area contributed by atoms with Crippen molar-refractivity contribution in [2.75, 3.05) is 35.3 Å². The minimum absolute atomic E-state index is 0.0210. The summed E-state index contributed by atoms with van der Waals surface area (Å²) in [5, 5.41) is 5.58. The number of nitrogens with zero attached hydrogens (tertiary/aromatic N) is 1. The molecule has 0 unspecified atom stereocenters. The molecule has 0 aromatic heterocycles. The van der Waals surface area contributed by atoms with Gasteiger partial charge in [0.15, 0.2) is 0 Å². The molecule has 0 saturated carbocycles. The summed E-state index contributed by atoms with van der Waals surface area (Å²) in [5.74, 6) is 1.34. The van der Waals surface area contributed by atoms with Gasteiger partial charge in [0.05, 0.1) is 17.7 Å². The Morgan fingerprint density at radius 3 is 2.41 bits per heavy atom. The summed E-state index contributed by atoms with van der Waals surface area (Å²) in [6.45, 7) is 8.99. The topological polar surface area (TPSA) is 79.9 Å². The highest BCUT2D eigenvalue weighted by Crippen LogP contribution is 2.38. The van der Waals surface area contributed by atoms with Gasteiger partial charge in [-0.05, 0) is 64.1 Å². The molecule has 29 heavy (non-hydrogen) atoms. The molecule has 1 heterocycles. The number of hydrogen-bond donors (Lipinski definition) is 2. The number of amides is 3. The van der Waals surface area contributed by atoms with Crippen LogP contribution in [0, 0.1) is 5.41 Å². The largest absolute Gasteiger partial charge is 0.494 e. The van der Waals surface area contributed by atoms with Crippen molar-refractivity contribution in [3.05, 3.63) is 42.5 Å². The maximum Gasteiger partial charge on any atom is 0.323 e. The van der Waals surface area contributed by atoms with Crippen LogP contribution >= 0.6 is 0 Å². The quantitative estimate of drug-likeness (QED) is 0.778. The predicted molar refractivity (Wildman–Crippen MR) is 114 cm³/mol. The van der Waals surface area contributed by atoms with Crippen LogP contribution in [0.4, 0.5) is 21.9 Å². The highest BCUT2D eigenvalue weighted by Gasteiger charge is 2.37. The molecule has 0 fully saturated rings. The highest BCUT2D eigenvalue weighted by atomic mass is 16.5. The van der Waals surface area contributed by atoms with Gasteiger partial charge in [-0.3, -0.25) is 4.79 Å². The van der Waals surface area contributed by atoms with E-state index in [1.54, 1.807) is 47.4 Å². The molecular weight excluding hydrogens is 370 g/mol. The first-order valence-corrected chi connectivity index (χ1v) is 9.73. The first kappa shape index (κ1) is 20.5. The van der Waals surface area contributed by atoms with E-state index in [1.165, 1.54) is 0 Å². The Kier molecular flexibility index (Phi) is 5.96. The Labute approximate surface area is 171 Å². The number of carbonyl (C=O) groups excluding carboxylic acids is 2. The average Bonchev–Trinajstić information content (AvgIpc) is 2.78. The molecule has 0 saturated heterocycles. The van der Waals surface area contributed by atoms with Gasteiger partial charge in [0.1, 0.15) is 18.1 Å². The minimum atomic E-state index is -0.617. The van der Waals surface area contributed by atoms with Crippen LogP contribution in [0.2, 0.25) is 0 Å². The number of rotatable bonds is 5. The van der Waals surface area contributed by atoms with E-state index in [2.05, 4.69) is 10.6 Å². The second-order valence-electron chi connectivity index (χ2n) is 7.44. The van der Waals surface area contributed by atoms with E-state index < -0.39 is 5.41 Å². The summed E-state index contributed by atoms with van der Waals surface area (Å²) in [7, 11) is 0. The van der Waals surface area contributed by atoms with Gasteiger partial charge < -0.3 is 25.0 Å². The lowest BCUT2D eigenvalue weighted by Gasteiger charge is -2.26. The molecule has 0 radical (unpaired) electrons. The summed E-state index contributed by atoms with van der Waals surface area (Å²) in [6.07, 6.45) is 0. The fraction of sp³-hybridized carbons (Fsp3) is 0.364. The average molecular weight is 397 g/mol. The van der Waals surface area contributed by atoms with E-state index in [1.807, 2.05) is 27.7 Å². The highest BCUT2D eigenvalue weighted by molar-refractivity contribution is 6.02. The molecule has 154 valence electrons. The van der Waals surface area contributed by atoms with Crippen LogP contribution < -0.4 is 25.0 Å². The first-order valence-electron chi connectivity index (χ1n) is 9.73. The Morgan fingerprint density at radius 2 is 1.76 bits per heavy atom. The Bertz CT molecular complexity index is 893. The summed E-state index contributed by atoms with van der Waals surface area (Å²) in [6, 6.07) is 12.1. The monoisotopic (exact) mass is 397 g/mol. The van der Waals surface area contributed by atoms with Crippen molar-refractivity contribution in [2.24, 2.45) is 5.41 Å². The van der Waals surface area contributed by atoms with Crippen molar-refractivity contribution < 1.29 is 19.1 Å². The van der Waals surface area contributed by atoms with Crippen LogP contribution in [-0.4, -0.2) is 31.7 Å². The molecule has 1 aliphatic heterocycles. The molecule has 3 rings (SSSR count). The lowest BCUT2D eigenvalue weighted by Crippen LogP contribution is -2.42. The van der Waals surface area contributed by atoms with Crippen molar-refractivity contribution >= 4 is 29.0 Å². The van der Waals surface area contributed by atoms with Crippen molar-refractivity contribution in [2.45, 2.75) is 27.7 Å². The number of anilines is 3.